The van der Waals surface area contributed by atoms with Gasteiger partial charge < -0.3 is 10.5 Å². The molecule has 96 valence electrons. The molecule has 0 aliphatic carbocycles. The molecule has 0 aliphatic rings. The van der Waals surface area contributed by atoms with Crippen LogP contribution in [0.3, 0.4) is 0 Å². The van der Waals surface area contributed by atoms with E-state index in [2.05, 4.69) is 13.8 Å². The maximum absolute atomic E-state index is 6.34. The van der Waals surface area contributed by atoms with Crippen LogP contribution >= 0.6 is 11.6 Å². The minimum absolute atomic E-state index is 0.152. The molecule has 1 aromatic carbocycles. The minimum atomic E-state index is -0.307. The smallest absolute Gasteiger partial charge is 0.0865 e. The summed E-state index contributed by atoms with van der Waals surface area (Å²) in [6, 6.07) is 5.83. The largest absolute Gasteiger partial charge is 0.376 e. The number of rotatable bonds is 5. The first kappa shape index (κ1) is 14.5. The Kier molecular flexibility index (Phi) is 4.99. The van der Waals surface area contributed by atoms with Crippen LogP contribution in [0.15, 0.2) is 18.2 Å². The second kappa shape index (κ2) is 5.85. The van der Waals surface area contributed by atoms with Crippen LogP contribution in [-0.4, -0.2) is 12.7 Å². The lowest BCUT2D eigenvalue weighted by molar-refractivity contribution is -0.0385. The molecule has 0 amide bonds. The van der Waals surface area contributed by atoms with Crippen molar-refractivity contribution in [1.82, 2.24) is 0 Å². The van der Waals surface area contributed by atoms with Crippen molar-refractivity contribution >= 4 is 11.6 Å². The van der Waals surface area contributed by atoms with Crippen LogP contribution in [-0.2, 0) is 4.74 Å². The predicted octanol–water partition coefficient (Wildman–Crippen LogP) is 3.85. The number of aryl methyl sites for hydroxylation is 1. The van der Waals surface area contributed by atoms with Gasteiger partial charge in [0, 0.05) is 12.1 Å². The van der Waals surface area contributed by atoms with Gasteiger partial charge in [0.15, 0.2) is 0 Å². The summed E-state index contributed by atoms with van der Waals surface area (Å²) >= 11 is 6.14. The number of benzene rings is 1. The molecule has 1 atom stereocenters. The highest BCUT2D eigenvalue weighted by molar-refractivity contribution is 6.31. The van der Waals surface area contributed by atoms with E-state index in [0.717, 1.165) is 29.0 Å². The number of halogens is 1. The lowest BCUT2D eigenvalue weighted by atomic mass is 9.84. The SMILES string of the molecule is CCC(CC)(OC)C(N)c1ccc(C)c(Cl)c1. The van der Waals surface area contributed by atoms with Gasteiger partial charge in [-0.25, -0.2) is 0 Å². The van der Waals surface area contributed by atoms with Crippen molar-refractivity contribution in [3.63, 3.8) is 0 Å². The second-order valence-electron chi connectivity index (χ2n) is 4.46. The molecular weight excluding hydrogens is 234 g/mol. The Morgan fingerprint density at radius 3 is 2.35 bits per heavy atom. The molecule has 0 aliphatic heterocycles. The van der Waals surface area contributed by atoms with E-state index in [0.29, 0.717) is 0 Å². The fraction of sp³-hybridized carbons (Fsp3) is 0.571. The fourth-order valence-corrected chi connectivity index (χ4v) is 2.40. The minimum Gasteiger partial charge on any atom is -0.376 e. The lowest BCUT2D eigenvalue weighted by Gasteiger charge is -2.36. The van der Waals surface area contributed by atoms with Gasteiger partial charge >= 0.3 is 0 Å². The highest BCUT2D eigenvalue weighted by atomic mass is 35.5. The Morgan fingerprint density at radius 1 is 1.35 bits per heavy atom. The van der Waals surface area contributed by atoms with E-state index in [9.17, 15) is 0 Å². The molecule has 1 rings (SSSR count). The molecule has 0 aromatic heterocycles. The number of ether oxygens (including phenoxy) is 1. The van der Waals surface area contributed by atoms with Crippen LogP contribution in [0.2, 0.25) is 5.02 Å². The Labute approximate surface area is 109 Å². The average molecular weight is 256 g/mol. The van der Waals surface area contributed by atoms with Gasteiger partial charge in [-0.05, 0) is 37.0 Å². The standard InChI is InChI=1S/C14H22ClNO/c1-5-14(6-2,17-4)13(16)11-8-7-10(3)12(15)9-11/h7-9,13H,5-6,16H2,1-4H3. The first-order valence-electron chi connectivity index (χ1n) is 6.07. The average Bonchev–Trinajstić information content (AvgIpc) is 2.35. The van der Waals surface area contributed by atoms with Crippen LogP contribution in [0.5, 0.6) is 0 Å². The molecule has 0 saturated heterocycles. The molecule has 1 aromatic rings. The summed E-state index contributed by atoms with van der Waals surface area (Å²) in [6.45, 7) is 6.19. The zero-order valence-electron chi connectivity index (χ0n) is 11.1. The van der Waals surface area contributed by atoms with E-state index in [4.69, 9.17) is 22.1 Å². The quantitative estimate of drug-likeness (QED) is 0.867. The van der Waals surface area contributed by atoms with Crippen molar-refractivity contribution in [3.05, 3.63) is 34.3 Å². The molecule has 0 saturated carbocycles. The van der Waals surface area contributed by atoms with Crippen molar-refractivity contribution in [1.29, 1.82) is 0 Å². The third-order valence-electron chi connectivity index (χ3n) is 3.73. The number of hydrogen-bond donors (Lipinski definition) is 1. The predicted molar refractivity (Wildman–Crippen MR) is 73.4 cm³/mol. The Balaban J connectivity index is 3.09. The van der Waals surface area contributed by atoms with Gasteiger partial charge in [0.2, 0.25) is 0 Å². The van der Waals surface area contributed by atoms with E-state index < -0.39 is 0 Å². The molecule has 0 radical (unpaired) electrons. The summed E-state index contributed by atoms with van der Waals surface area (Å²) in [5, 5.41) is 0.759. The Hall–Kier alpha value is -0.570. The van der Waals surface area contributed by atoms with Crippen LogP contribution in [0.4, 0.5) is 0 Å². The maximum atomic E-state index is 6.34. The van der Waals surface area contributed by atoms with Gasteiger partial charge in [-0.15, -0.1) is 0 Å². The monoisotopic (exact) mass is 255 g/mol. The van der Waals surface area contributed by atoms with Crippen LogP contribution in [0.25, 0.3) is 0 Å². The van der Waals surface area contributed by atoms with Crippen molar-refractivity contribution in [2.45, 2.75) is 45.3 Å². The number of methoxy groups -OCH3 is 1. The molecule has 17 heavy (non-hydrogen) atoms. The van der Waals surface area contributed by atoms with Gasteiger partial charge in [-0.3, -0.25) is 0 Å². The summed E-state index contributed by atoms with van der Waals surface area (Å²) in [4.78, 5) is 0. The molecule has 2 nitrogen and oxygen atoms in total. The normalized spacial score (nSPS) is 13.8. The zero-order chi connectivity index (χ0) is 13.1. The molecule has 0 fully saturated rings. The molecule has 0 heterocycles. The first-order valence-corrected chi connectivity index (χ1v) is 6.45. The lowest BCUT2D eigenvalue weighted by Crippen LogP contribution is -2.42. The van der Waals surface area contributed by atoms with Crippen LogP contribution in [0, 0.1) is 6.92 Å². The topological polar surface area (TPSA) is 35.2 Å². The molecule has 3 heteroatoms. The summed E-state index contributed by atoms with van der Waals surface area (Å²) in [5.74, 6) is 0. The van der Waals surface area contributed by atoms with E-state index in [1.807, 2.05) is 25.1 Å². The molecular formula is C14H22ClNO. The van der Waals surface area contributed by atoms with E-state index in [1.165, 1.54) is 0 Å². The van der Waals surface area contributed by atoms with Crippen LogP contribution in [0.1, 0.15) is 43.9 Å². The molecule has 2 N–H and O–H groups in total. The molecule has 0 spiro atoms. The summed E-state index contributed by atoms with van der Waals surface area (Å²) in [7, 11) is 1.72. The van der Waals surface area contributed by atoms with Gasteiger partial charge in [0.05, 0.1) is 11.6 Å². The van der Waals surface area contributed by atoms with E-state index in [-0.39, 0.29) is 11.6 Å². The summed E-state index contributed by atoms with van der Waals surface area (Å²) < 4.78 is 5.65. The Morgan fingerprint density at radius 2 is 1.94 bits per heavy atom. The highest BCUT2D eigenvalue weighted by Gasteiger charge is 2.34. The highest BCUT2D eigenvalue weighted by Crippen LogP contribution is 2.34. The van der Waals surface area contributed by atoms with E-state index >= 15 is 0 Å². The Bertz CT molecular complexity index is 366. The van der Waals surface area contributed by atoms with Gasteiger partial charge in [-0.1, -0.05) is 37.6 Å². The van der Waals surface area contributed by atoms with Gasteiger partial charge in [0.1, 0.15) is 0 Å². The van der Waals surface area contributed by atoms with Gasteiger partial charge in [0.25, 0.3) is 0 Å². The number of nitrogens with two attached hydrogens (primary N) is 1. The van der Waals surface area contributed by atoms with Gasteiger partial charge in [-0.2, -0.15) is 0 Å². The third-order valence-corrected chi connectivity index (χ3v) is 4.13. The molecule has 0 bridgehead atoms. The third kappa shape index (κ3) is 2.82. The summed E-state index contributed by atoms with van der Waals surface area (Å²) in [5.41, 5.74) is 8.14. The fourth-order valence-electron chi connectivity index (χ4n) is 2.21. The maximum Gasteiger partial charge on any atom is 0.0865 e. The van der Waals surface area contributed by atoms with E-state index in [1.54, 1.807) is 7.11 Å². The van der Waals surface area contributed by atoms with Crippen molar-refractivity contribution < 1.29 is 4.74 Å². The van der Waals surface area contributed by atoms with Crippen LogP contribution < -0.4 is 5.73 Å². The first-order chi connectivity index (χ1) is 8.00. The number of hydrogen-bond acceptors (Lipinski definition) is 2. The molecule has 1 unspecified atom stereocenters. The second-order valence-corrected chi connectivity index (χ2v) is 4.87. The van der Waals surface area contributed by atoms with Crippen molar-refractivity contribution in [3.8, 4) is 0 Å². The zero-order valence-corrected chi connectivity index (χ0v) is 11.8. The van der Waals surface area contributed by atoms with Crippen molar-refractivity contribution in [2.75, 3.05) is 7.11 Å². The van der Waals surface area contributed by atoms with Crippen molar-refractivity contribution in [2.24, 2.45) is 5.73 Å². The summed E-state index contributed by atoms with van der Waals surface area (Å²) in [6.07, 6.45) is 1.76.